The summed E-state index contributed by atoms with van der Waals surface area (Å²) in [4.78, 5) is 20.1. The third kappa shape index (κ3) is 6.29. The van der Waals surface area contributed by atoms with E-state index < -0.39 is 0 Å². The Labute approximate surface area is 160 Å². The van der Waals surface area contributed by atoms with Crippen LogP contribution in [0.2, 0.25) is 0 Å². The highest BCUT2D eigenvalue weighted by Crippen LogP contribution is 2.23. The van der Waals surface area contributed by atoms with Crippen LogP contribution in [0.5, 0.6) is 0 Å². The van der Waals surface area contributed by atoms with E-state index in [1.165, 1.54) is 10.4 Å². The van der Waals surface area contributed by atoms with Crippen LogP contribution in [0, 0.1) is 0 Å². The molecule has 0 atom stereocenters. The van der Waals surface area contributed by atoms with E-state index in [9.17, 15) is 4.79 Å². The molecule has 0 bridgehead atoms. The van der Waals surface area contributed by atoms with E-state index in [-0.39, 0.29) is 42.0 Å². The first kappa shape index (κ1) is 20.2. The zero-order valence-electron chi connectivity index (χ0n) is 14.3. The molecule has 0 radical (unpaired) electrons. The van der Waals surface area contributed by atoms with Gasteiger partial charge in [-0.15, -0.1) is 35.3 Å². The van der Waals surface area contributed by atoms with Crippen LogP contribution in [-0.4, -0.2) is 41.9 Å². The fourth-order valence-electron chi connectivity index (χ4n) is 2.37. The molecule has 0 spiro atoms. The number of halogens is 1. The molecule has 2 N–H and O–H groups in total. The molecule has 23 heavy (non-hydrogen) atoms. The Bertz CT molecular complexity index is 551. The minimum absolute atomic E-state index is 0. The van der Waals surface area contributed by atoms with Crippen LogP contribution < -0.4 is 10.6 Å². The number of aliphatic imine (C=N–C) groups is 1. The van der Waals surface area contributed by atoms with Crippen LogP contribution in [0.25, 0.3) is 0 Å². The molecule has 2 heterocycles. The Morgan fingerprint density at radius 1 is 1.43 bits per heavy atom. The zero-order chi connectivity index (χ0) is 16.2. The quantitative estimate of drug-likeness (QED) is 0.423. The Balaban J connectivity index is 0.00000264. The number of fused-ring (bicyclic) bond motifs is 1. The fraction of sp³-hybridized carbons (Fsp3) is 0.625. The second kappa shape index (κ2) is 8.86. The van der Waals surface area contributed by atoms with Crippen LogP contribution in [0.3, 0.4) is 0 Å². The molecule has 0 saturated heterocycles. The second-order valence-corrected chi connectivity index (χ2v) is 7.51. The number of amides is 1. The highest BCUT2D eigenvalue weighted by atomic mass is 127. The van der Waals surface area contributed by atoms with Crippen molar-refractivity contribution in [3.8, 4) is 0 Å². The Hall–Kier alpha value is -0.830. The van der Waals surface area contributed by atoms with Gasteiger partial charge in [0, 0.05) is 30.1 Å². The van der Waals surface area contributed by atoms with Crippen molar-refractivity contribution in [2.45, 2.75) is 46.2 Å². The first-order chi connectivity index (χ1) is 10.4. The van der Waals surface area contributed by atoms with Gasteiger partial charge in [0.1, 0.15) is 6.54 Å². The third-order valence-corrected chi connectivity index (χ3v) is 4.39. The summed E-state index contributed by atoms with van der Waals surface area (Å²) in [5, 5.41) is 8.58. The average Bonchev–Trinajstić information content (AvgIpc) is 2.90. The summed E-state index contributed by atoms with van der Waals surface area (Å²) >= 11 is 1.78. The lowest BCUT2D eigenvalue weighted by molar-refractivity contribution is -0.130. The summed E-state index contributed by atoms with van der Waals surface area (Å²) in [5.41, 5.74) is 1.20. The van der Waals surface area contributed by atoms with Crippen molar-refractivity contribution in [1.29, 1.82) is 0 Å². The smallest absolute Gasteiger partial charge is 0.244 e. The van der Waals surface area contributed by atoms with Gasteiger partial charge in [-0.2, -0.15) is 0 Å². The van der Waals surface area contributed by atoms with Crippen molar-refractivity contribution in [3.63, 3.8) is 0 Å². The number of carbonyl (C=O) groups excluding carboxylic acids is 1. The Morgan fingerprint density at radius 3 is 2.83 bits per heavy atom. The first-order valence-corrected chi connectivity index (χ1v) is 8.66. The first-order valence-electron chi connectivity index (χ1n) is 7.78. The number of thiophene rings is 1. The summed E-state index contributed by atoms with van der Waals surface area (Å²) in [6, 6.07) is 2.12. The van der Waals surface area contributed by atoms with Crippen molar-refractivity contribution < 1.29 is 4.79 Å². The van der Waals surface area contributed by atoms with Crippen LogP contribution in [0.1, 0.15) is 38.1 Å². The summed E-state index contributed by atoms with van der Waals surface area (Å²) < 4.78 is 0. The molecule has 1 aromatic heterocycles. The van der Waals surface area contributed by atoms with Gasteiger partial charge in [-0.3, -0.25) is 4.79 Å². The molecule has 1 amide bonds. The number of carbonyl (C=O) groups is 1. The van der Waals surface area contributed by atoms with E-state index >= 15 is 0 Å². The maximum Gasteiger partial charge on any atom is 0.244 e. The van der Waals surface area contributed by atoms with Crippen LogP contribution in [0.15, 0.2) is 16.4 Å². The lowest BCUT2D eigenvalue weighted by Crippen LogP contribution is -2.48. The molecule has 5 nitrogen and oxygen atoms in total. The van der Waals surface area contributed by atoms with Gasteiger partial charge in [0.2, 0.25) is 5.91 Å². The normalized spacial score (nSPS) is 14.8. The van der Waals surface area contributed by atoms with Gasteiger partial charge in [0.15, 0.2) is 5.96 Å². The number of nitrogens with zero attached hydrogens (tertiary/aromatic N) is 2. The largest absolute Gasteiger partial charge is 0.357 e. The van der Waals surface area contributed by atoms with E-state index in [2.05, 4.69) is 47.8 Å². The van der Waals surface area contributed by atoms with E-state index in [0.717, 1.165) is 26.1 Å². The molecule has 0 fully saturated rings. The minimum Gasteiger partial charge on any atom is -0.357 e. The molecular formula is C16H27IN4OS. The maximum absolute atomic E-state index is 12.4. The third-order valence-electron chi connectivity index (χ3n) is 3.37. The van der Waals surface area contributed by atoms with Gasteiger partial charge in [-0.05, 0) is 51.1 Å². The molecule has 130 valence electrons. The second-order valence-electron chi connectivity index (χ2n) is 6.50. The zero-order valence-corrected chi connectivity index (χ0v) is 17.5. The summed E-state index contributed by atoms with van der Waals surface area (Å²) in [6.07, 6.45) is 0.961. The van der Waals surface area contributed by atoms with Crippen LogP contribution >= 0.6 is 35.3 Å². The molecule has 0 aromatic carbocycles. The number of rotatable bonds is 3. The van der Waals surface area contributed by atoms with E-state index in [1.807, 2.05) is 11.8 Å². The lowest BCUT2D eigenvalue weighted by atomic mass is 10.1. The van der Waals surface area contributed by atoms with Gasteiger partial charge in [0.05, 0.1) is 0 Å². The summed E-state index contributed by atoms with van der Waals surface area (Å²) in [5.74, 6) is 0.777. The van der Waals surface area contributed by atoms with Crippen molar-refractivity contribution in [3.05, 3.63) is 21.9 Å². The van der Waals surface area contributed by atoms with Crippen molar-refractivity contribution >= 4 is 47.2 Å². The number of guanidine groups is 1. The number of hydrogen-bond donors (Lipinski definition) is 2. The van der Waals surface area contributed by atoms with Crippen molar-refractivity contribution in [2.75, 3.05) is 19.6 Å². The Morgan fingerprint density at radius 2 is 2.17 bits per heavy atom. The van der Waals surface area contributed by atoms with Gasteiger partial charge in [-0.1, -0.05) is 0 Å². The van der Waals surface area contributed by atoms with Gasteiger partial charge < -0.3 is 15.5 Å². The van der Waals surface area contributed by atoms with Gasteiger partial charge in [-0.25, -0.2) is 4.99 Å². The Kier molecular flexibility index (Phi) is 7.79. The predicted molar refractivity (Wildman–Crippen MR) is 108 cm³/mol. The highest BCUT2D eigenvalue weighted by Gasteiger charge is 2.21. The van der Waals surface area contributed by atoms with E-state index in [4.69, 9.17) is 0 Å². The molecule has 2 rings (SSSR count). The lowest BCUT2D eigenvalue weighted by Gasteiger charge is -2.27. The molecule has 1 aromatic rings. The van der Waals surface area contributed by atoms with Crippen molar-refractivity contribution in [1.82, 2.24) is 15.5 Å². The SMILES string of the molecule is CCNC(=NCC(=O)N1CCc2sccc2C1)NC(C)(C)C.I. The highest BCUT2D eigenvalue weighted by molar-refractivity contribution is 14.0. The predicted octanol–water partition coefficient (Wildman–Crippen LogP) is 2.60. The van der Waals surface area contributed by atoms with Crippen LogP contribution in [0.4, 0.5) is 0 Å². The molecule has 1 aliphatic heterocycles. The molecule has 0 aliphatic carbocycles. The average molecular weight is 450 g/mol. The van der Waals surface area contributed by atoms with Crippen LogP contribution in [-0.2, 0) is 17.8 Å². The molecule has 0 saturated carbocycles. The topological polar surface area (TPSA) is 56.7 Å². The van der Waals surface area contributed by atoms with Gasteiger partial charge >= 0.3 is 0 Å². The minimum atomic E-state index is -0.0826. The standard InChI is InChI=1S/C16H26N4OS.HI/c1-5-17-15(19-16(2,3)4)18-10-14(21)20-8-6-13-12(11-20)7-9-22-13;/h7,9H,5-6,8,10-11H2,1-4H3,(H2,17,18,19);1H. The fourth-order valence-corrected chi connectivity index (χ4v) is 3.26. The molecule has 1 aliphatic rings. The maximum atomic E-state index is 12.4. The van der Waals surface area contributed by atoms with E-state index in [1.54, 1.807) is 11.3 Å². The number of hydrogen-bond acceptors (Lipinski definition) is 3. The molecule has 0 unspecified atom stereocenters. The summed E-state index contributed by atoms with van der Waals surface area (Å²) in [7, 11) is 0. The summed E-state index contributed by atoms with van der Waals surface area (Å²) in [6.45, 7) is 10.7. The molecular weight excluding hydrogens is 423 g/mol. The monoisotopic (exact) mass is 450 g/mol. The van der Waals surface area contributed by atoms with Gasteiger partial charge in [0.25, 0.3) is 0 Å². The van der Waals surface area contributed by atoms with E-state index in [0.29, 0.717) is 5.96 Å². The number of nitrogens with one attached hydrogen (secondary N) is 2. The molecule has 7 heteroatoms. The van der Waals surface area contributed by atoms with Crippen molar-refractivity contribution in [2.24, 2.45) is 4.99 Å².